The van der Waals surface area contributed by atoms with Crippen molar-refractivity contribution < 1.29 is 14.6 Å². The fourth-order valence-electron chi connectivity index (χ4n) is 3.06. The maximum Gasteiger partial charge on any atom is 0.226 e. The van der Waals surface area contributed by atoms with Crippen LogP contribution in [0, 0.1) is 0 Å². The summed E-state index contributed by atoms with van der Waals surface area (Å²) in [7, 11) is 0. The molecule has 25 heavy (non-hydrogen) atoms. The molecule has 3 heterocycles. The van der Waals surface area contributed by atoms with Crippen LogP contribution in [0.15, 0.2) is 47.1 Å². The largest absolute Gasteiger partial charge is 0.444 e. The molecule has 7 heteroatoms. The molecule has 0 bridgehead atoms. The second-order valence-corrected chi connectivity index (χ2v) is 6.20. The molecule has 1 aromatic carbocycles. The number of benzene rings is 1. The molecule has 130 valence electrons. The minimum absolute atomic E-state index is 0.318. The van der Waals surface area contributed by atoms with Crippen LogP contribution < -0.4 is 0 Å². The molecule has 2 N–H and O–H groups in total. The van der Waals surface area contributed by atoms with E-state index in [1.165, 1.54) is 0 Å². The summed E-state index contributed by atoms with van der Waals surface area (Å²) in [4.78, 5) is 6.84. The van der Waals surface area contributed by atoms with Crippen molar-refractivity contribution >= 4 is 0 Å². The first-order valence-electron chi connectivity index (χ1n) is 8.30. The number of aliphatic hydroxyl groups is 2. The molecule has 0 fully saturated rings. The quantitative estimate of drug-likeness (QED) is 0.733. The van der Waals surface area contributed by atoms with E-state index in [1.807, 2.05) is 41.1 Å². The molecule has 0 unspecified atom stereocenters. The highest BCUT2D eigenvalue weighted by Gasteiger charge is 2.21. The van der Waals surface area contributed by atoms with Crippen LogP contribution in [-0.4, -0.2) is 43.0 Å². The van der Waals surface area contributed by atoms with Gasteiger partial charge >= 0.3 is 0 Å². The van der Waals surface area contributed by atoms with Gasteiger partial charge in [-0.15, -0.1) is 0 Å². The van der Waals surface area contributed by atoms with E-state index in [1.54, 1.807) is 6.26 Å². The third-order valence-corrected chi connectivity index (χ3v) is 4.37. The molecule has 0 spiro atoms. The van der Waals surface area contributed by atoms with Crippen molar-refractivity contribution in [3.63, 3.8) is 0 Å². The van der Waals surface area contributed by atoms with E-state index in [9.17, 15) is 5.11 Å². The van der Waals surface area contributed by atoms with Gasteiger partial charge < -0.3 is 14.6 Å². The number of hydrogen-bond acceptors (Lipinski definition) is 6. The van der Waals surface area contributed by atoms with Crippen molar-refractivity contribution in [1.29, 1.82) is 0 Å². The highest BCUT2D eigenvalue weighted by molar-refractivity contribution is 5.52. The summed E-state index contributed by atoms with van der Waals surface area (Å²) < 4.78 is 7.49. The summed E-state index contributed by atoms with van der Waals surface area (Å²) in [5.41, 5.74) is 3.41. The lowest BCUT2D eigenvalue weighted by Gasteiger charge is -2.26. The first-order valence-corrected chi connectivity index (χ1v) is 8.30. The van der Waals surface area contributed by atoms with Gasteiger partial charge in [-0.2, -0.15) is 5.10 Å². The lowest BCUT2D eigenvalue weighted by Crippen LogP contribution is -2.33. The van der Waals surface area contributed by atoms with E-state index < -0.39 is 6.10 Å². The Balaban J connectivity index is 1.44. The van der Waals surface area contributed by atoms with E-state index in [2.05, 4.69) is 15.0 Å². The fraction of sp³-hybridized carbons (Fsp3) is 0.333. The molecular weight excluding hydrogens is 320 g/mol. The van der Waals surface area contributed by atoms with Crippen molar-refractivity contribution in [1.82, 2.24) is 19.7 Å². The maximum atomic E-state index is 9.73. The Morgan fingerprint density at radius 3 is 2.84 bits per heavy atom. The van der Waals surface area contributed by atoms with Crippen LogP contribution in [-0.2, 0) is 19.6 Å². The Kier molecular flexibility index (Phi) is 4.35. The van der Waals surface area contributed by atoms with Gasteiger partial charge in [0.25, 0.3) is 0 Å². The molecule has 4 rings (SSSR count). The van der Waals surface area contributed by atoms with Gasteiger partial charge in [-0.05, 0) is 18.2 Å². The topological polar surface area (TPSA) is 87.5 Å². The maximum absolute atomic E-state index is 9.73. The molecule has 0 aliphatic carbocycles. The molecule has 0 amide bonds. The van der Waals surface area contributed by atoms with Gasteiger partial charge in [0.1, 0.15) is 12.4 Å². The SMILES string of the molecule is OC[C@@H](O)c1cc2n(n1)CCN(Cc1coc(-c3ccccc3)n1)C2. The van der Waals surface area contributed by atoms with Crippen LogP contribution in [0.25, 0.3) is 11.5 Å². The molecule has 1 aliphatic rings. The van der Waals surface area contributed by atoms with Crippen molar-refractivity contribution in [2.45, 2.75) is 25.7 Å². The minimum Gasteiger partial charge on any atom is -0.444 e. The zero-order valence-corrected chi connectivity index (χ0v) is 13.7. The lowest BCUT2D eigenvalue weighted by atomic mass is 10.2. The van der Waals surface area contributed by atoms with E-state index in [-0.39, 0.29) is 6.61 Å². The summed E-state index contributed by atoms with van der Waals surface area (Å²) in [6.45, 7) is 2.69. The normalized spacial score (nSPS) is 15.9. The Bertz CT molecular complexity index is 843. The molecule has 1 atom stereocenters. The average molecular weight is 340 g/mol. The smallest absolute Gasteiger partial charge is 0.226 e. The third-order valence-electron chi connectivity index (χ3n) is 4.37. The molecule has 0 radical (unpaired) electrons. The zero-order chi connectivity index (χ0) is 17.2. The summed E-state index contributed by atoms with van der Waals surface area (Å²) in [6, 6.07) is 11.7. The predicted octanol–water partition coefficient (Wildman–Crippen LogP) is 1.58. The second-order valence-electron chi connectivity index (χ2n) is 6.20. The molecular formula is C18H20N4O3. The van der Waals surface area contributed by atoms with Crippen LogP contribution in [0.3, 0.4) is 0 Å². The molecule has 7 nitrogen and oxygen atoms in total. The minimum atomic E-state index is -0.921. The van der Waals surface area contributed by atoms with Gasteiger partial charge in [0.2, 0.25) is 5.89 Å². The number of rotatable bonds is 5. The van der Waals surface area contributed by atoms with Crippen molar-refractivity contribution in [3.8, 4) is 11.5 Å². The number of aromatic nitrogens is 3. The average Bonchev–Trinajstić information content (AvgIpc) is 3.28. The van der Waals surface area contributed by atoms with Crippen molar-refractivity contribution in [3.05, 3.63) is 59.7 Å². The van der Waals surface area contributed by atoms with Crippen LogP contribution >= 0.6 is 0 Å². The predicted molar refractivity (Wildman–Crippen MR) is 90.3 cm³/mol. The van der Waals surface area contributed by atoms with Gasteiger partial charge in [-0.1, -0.05) is 18.2 Å². The van der Waals surface area contributed by atoms with E-state index in [0.29, 0.717) is 18.1 Å². The molecule has 1 aliphatic heterocycles. The van der Waals surface area contributed by atoms with Crippen molar-refractivity contribution in [2.24, 2.45) is 0 Å². The van der Waals surface area contributed by atoms with Gasteiger partial charge in [0.05, 0.1) is 30.2 Å². The number of fused-ring (bicyclic) bond motifs is 1. The van der Waals surface area contributed by atoms with Crippen molar-refractivity contribution in [2.75, 3.05) is 13.2 Å². The standard InChI is InChI=1S/C18H20N4O3/c23-11-17(24)16-8-15-10-21(6-7-22(15)20-16)9-14-12-25-18(19-14)13-4-2-1-3-5-13/h1-5,8,12,17,23-24H,6-7,9-11H2/t17-/m1/s1. The first-order chi connectivity index (χ1) is 12.2. The Morgan fingerprint density at radius 1 is 1.20 bits per heavy atom. The number of oxazole rings is 1. The zero-order valence-electron chi connectivity index (χ0n) is 13.7. The number of aliphatic hydroxyl groups excluding tert-OH is 2. The fourth-order valence-corrected chi connectivity index (χ4v) is 3.06. The molecule has 2 aromatic heterocycles. The summed E-state index contributed by atoms with van der Waals surface area (Å²) in [5, 5.41) is 23.1. The summed E-state index contributed by atoms with van der Waals surface area (Å²) in [6.07, 6.45) is 0.783. The van der Waals surface area contributed by atoms with Gasteiger partial charge in [0, 0.05) is 25.2 Å². The van der Waals surface area contributed by atoms with E-state index >= 15 is 0 Å². The lowest BCUT2D eigenvalue weighted by molar-refractivity contribution is 0.0915. The highest BCUT2D eigenvalue weighted by Crippen LogP contribution is 2.21. The Hall–Kier alpha value is -2.48. The van der Waals surface area contributed by atoms with Crippen LogP contribution in [0.2, 0.25) is 0 Å². The molecule has 0 saturated heterocycles. The first kappa shape index (κ1) is 16.0. The highest BCUT2D eigenvalue weighted by atomic mass is 16.3. The molecule has 0 saturated carbocycles. The van der Waals surface area contributed by atoms with Crippen LogP contribution in [0.4, 0.5) is 0 Å². The molecule has 3 aromatic rings. The number of hydrogen-bond donors (Lipinski definition) is 2. The summed E-state index contributed by atoms with van der Waals surface area (Å²) in [5.74, 6) is 0.631. The third kappa shape index (κ3) is 3.34. The second kappa shape index (κ2) is 6.79. The monoisotopic (exact) mass is 340 g/mol. The van der Waals surface area contributed by atoms with E-state index in [0.717, 1.165) is 36.6 Å². The Labute approximate surface area is 145 Å². The van der Waals surface area contributed by atoms with Gasteiger partial charge in [-0.25, -0.2) is 4.98 Å². The van der Waals surface area contributed by atoms with E-state index in [4.69, 9.17) is 9.52 Å². The van der Waals surface area contributed by atoms with Gasteiger partial charge in [0.15, 0.2) is 0 Å². The summed E-state index contributed by atoms with van der Waals surface area (Å²) >= 11 is 0. The Morgan fingerprint density at radius 2 is 2.04 bits per heavy atom. The van der Waals surface area contributed by atoms with Gasteiger partial charge in [-0.3, -0.25) is 9.58 Å². The number of nitrogens with zero attached hydrogens (tertiary/aromatic N) is 4. The van der Waals surface area contributed by atoms with Crippen LogP contribution in [0.1, 0.15) is 23.2 Å². The van der Waals surface area contributed by atoms with Crippen LogP contribution in [0.5, 0.6) is 0 Å².